The molecule has 0 spiro atoms. The van der Waals surface area contributed by atoms with E-state index in [4.69, 9.17) is 11.0 Å². The van der Waals surface area contributed by atoms with Crippen molar-refractivity contribution in [2.24, 2.45) is 0 Å². The van der Waals surface area contributed by atoms with Crippen molar-refractivity contribution in [3.8, 4) is 6.07 Å². The molecular weight excluding hydrogens is 252 g/mol. The van der Waals surface area contributed by atoms with Crippen LogP contribution in [0.15, 0.2) is 42.6 Å². The molecule has 2 aromatic rings. The van der Waals surface area contributed by atoms with Crippen molar-refractivity contribution in [3.63, 3.8) is 0 Å². The molecule has 0 radical (unpaired) electrons. The third-order valence-corrected chi connectivity index (χ3v) is 2.76. The van der Waals surface area contributed by atoms with Crippen molar-refractivity contribution in [1.82, 2.24) is 10.3 Å². The van der Waals surface area contributed by atoms with Crippen LogP contribution in [0, 0.1) is 11.3 Å². The van der Waals surface area contributed by atoms with Crippen LogP contribution in [-0.4, -0.2) is 10.9 Å². The Morgan fingerprint density at radius 2 is 2.00 bits per heavy atom. The first-order valence-corrected chi connectivity index (χ1v) is 6.13. The average molecular weight is 266 g/mol. The number of amides is 1. The molecular formula is C15H14N4O. The summed E-state index contributed by atoms with van der Waals surface area (Å²) in [5.41, 5.74) is 8.33. The van der Waals surface area contributed by atoms with E-state index in [1.807, 2.05) is 12.1 Å². The topological polar surface area (TPSA) is 91.8 Å². The normalized spacial score (nSPS) is 9.75. The average Bonchev–Trinajstić information content (AvgIpc) is 2.48. The maximum Gasteiger partial charge on any atom is 0.226 e. The minimum atomic E-state index is -0.105. The maximum absolute atomic E-state index is 11.8. The molecule has 20 heavy (non-hydrogen) atoms. The van der Waals surface area contributed by atoms with Gasteiger partial charge >= 0.3 is 0 Å². The molecule has 2 rings (SSSR count). The van der Waals surface area contributed by atoms with E-state index in [1.165, 1.54) is 6.20 Å². The highest BCUT2D eigenvalue weighted by Crippen LogP contribution is 2.04. The van der Waals surface area contributed by atoms with Crippen LogP contribution in [0.2, 0.25) is 0 Å². The molecule has 1 aromatic carbocycles. The molecule has 0 atom stereocenters. The number of hydrogen-bond acceptors (Lipinski definition) is 4. The summed E-state index contributed by atoms with van der Waals surface area (Å²) in [6, 6.07) is 12.6. The van der Waals surface area contributed by atoms with Gasteiger partial charge in [-0.25, -0.2) is 0 Å². The molecule has 0 saturated carbocycles. The standard InChI is InChI=1S/C15H14N4O/c16-8-11-1-3-12(4-2-11)9-19-15(20)7-14-6-5-13(17)10-18-14/h1-6,10H,7,9,17H2,(H,19,20). The minimum Gasteiger partial charge on any atom is -0.397 e. The first-order chi connectivity index (χ1) is 9.67. The third-order valence-electron chi connectivity index (χ3n) is 2.76. The molecule has 0 bridgehead atoms. The lowest BCUT2D eigenvalue weighted by molar-refractivity contribution is -0.120. The second-order valence-electron chi connectivity index (χ2n) is 4.35. The smallest absolute Gasteiger partial charge is 0.226 e. The predicted octanol–water partition coefficient (Wildman–Crippen LogP) is 1.39. The van der Waals surface area contributed by atoms with Crippen molar-refractivity contribution in [1.29, 1.82) is 5.26 Å². The highest BCUT2D eigenvalue weighted by atomic mass is 16.1. The van der Waals surface area contributed by atoms with Crippen LogP contribution in [0.1, 0.15) is 16.8 Å². The third kappa shape index (κ3) is 3.82. The Bertz CT molecular complexity index is 626. The lowest BCUT2D eigenvalue weighted by Crippen LogP contribution is -2.24. The zero-order chi connectivity index (χ0) is 14.4. The largest absolute Gasteiger partial charge is 0.397 e. The zero-order valence-electron chi connectivity index (χ0n) is 10.8. The molecule has 0 saturated heterocycles. The van der Waals surface area contributed by atoms with Crippen molar-refractivity contribution >= 4 is 11.6 Å². The Morgan fingerprint density at radius 3 is 2.60 bits per heavy atom. The van der Waals surface area contributed by atoms with Gasteiger partial charge in [-0.15, -0.1) is 0 Å². The monoisotopic (exact) mass is 266 g/mol. The fraction of sp³-hybridized carbons (Fsp3) is 0.133. The number of aromatic nitrogens is 1. The van der Waals surface area contributed by atoms with Crippen LogP contribution in [-0.2, 0) is 17.8 Å². The van der Waals surface area contributed by atoms with Gasteiger partial charge in [-0.1, -0.05) is 12.1 Å². The van der Waals surface area contributed by atoms with Gasteiger partial charge in [-0.3, -0.25) is 9.78 Å². The van der Waals surface area contributed by atoms with Gasteiger partial charge in [0.1, 0.15) is 0 Å². The van der Waals surface area contributed by atoms with E-state index in [2.05, 4.69) is 16.4 Å². The van der Waals surface area contributed by atoms with Crippen molar-refractivity contribution in [2.45, 2.75) is 13.0 Å². The van der Waals surface area contributed by atoms with E-state index < -0.39 is 0 Å². The van der Waals surface area contributed by atoms with Gasteiger partial charge in [0.05, 0.1) is 29.9 Å². The Morgan fingerprint density at radius 1 is 1.25 bits per heavy atom. The first kappa shape index (κ1) is 13.6. The Labute approximate surface area is 117 Å². The quantitative estimate of drug-likeness (QED) is 0.874. The summed E-state index contributed by atoms with van der Waals surface area (Å²) in [5, 5.41) is 11.5. The number of nitrogens with one attached hydrogen (secondary N) is 1. The van der Waals surface area contributed by atoms with Crippen LogP contribution in [0.25, 0.3) is 0 Å². The van der Waals surface area contributed by atoms with Crippen molar-refractivity contribution < 1.29 is 4.79 Å². The minimum absolute atomic E-state index is 0.105. The van der Waals surface area contributed by atoms with Crippen LogP contribution in [0.4, 0.5) is 5.69 Å². The summed E-state index contributed by atoms with van der Waals surface area (Å²) < 4.78 is 0. The second kappa shape index (κ2) is 6.34. The molecule has 0 aliphatic heterocycles. The molecule has 1 aromatic heterocycles. The summed E-state index contributed by atoms with van der Waals surface area (Å²) in [4.78, 5) is 15.8. The van der Waals surface area contributed by atoms with Gasteiger partial charge in [0, 0.05) is 12.2 Å². The molecule has 3 N–H and O–H groups in total. The van der Waals surface area contributed by atoms with Gasteiger partial charge in [0.2, 0.25) is 5.91 Å². The van der Waals surface area contributed by atoms with Gasteiger partial charge in [0.25, 0.3) is 0 Å². The fourth-order valence-corrected chi connectivity index (χ4v) is 1.67. The first-order valence-electron chi connectivity index (χ1n) is 6.13. The number of nitrogens with two attached hydrogens (primary N) is 1. The summed E-state index contributed by atoms with van der Waals surface area (Å²) in [7, 11) is 0. The molecule has 100 valence electrons. The molecule has 0 fully saturated rings. The van der Waals surface area contributed by atoms with E-state index in [0.717, 1.165) is 5.56 Å². The van der Waals surface area contributed by atoms with Crippen molar-refractivity contribution in [3.05, 3.63) is 59.4 Å². The lowest BCUT2D eigenvalue weighted by Gasteiger charge is -2.05. The molecule has 1 amide bonds. The van der Waals surface area contributed by atoms with Gasteiger partial charge in [-0.05, 0) is 29.8 Å². The second-order valence-corrected chi connectivity index (χ2v) is 4.35. The summed E-state index contributed by atoms with van der Waals surface area (Å²) in [5.74, 6) is -0.105. The lowest BCUT2D eigenvalue weighted by atomic mass is 10.1. The van der Waals surface area contributed by atoms with E-state index >= 15 is 0 Å². The van der Waals surface area contributed by atoms with Gasteiger partial charge < -0.3 is 11.1 Å². The van der Waals surface area contributed by atoms with E-state index in [9.17, 15) is 4.79 Å². The summed E-state index contributed by atoms with van der Waals surface area (Å²) in [6.45, 7) is 0.430. The Balaban J connectivity index is 1.85. The van der Waals surface area contributed by atoms with E-state index in [1.54, 1.807) is 24.3 Å². The molecule has 0 unspecified atom stereocenters. The highest BCUT2D eigenvalue weighted by Gasteiger charge is 2.04. The molecule has 5 nitrogen and oxygen atoms in total. The molecule has 1 heterocycles. The summed E-state index contributed by atoms with van der Waals surface area (Å²) >= 11 is 0. The number of nitrogen functional groups attached to an aromatic ring is 1. The number of hydrogen-bond donors (Lipinski definition) is 2. The highest BCUT2D eigenvalue weighted by molar-refractivity contribution is 5.78. The number of carbonyl (C=O) groups excluding carboxylic acids is 1. The number of pyridine rings is 1. The van der Waals surface area contributed by atoms with Crippen LogP contribution >= 0.6 is 0 Å². The fourth-order valence-electron chi connectivity index (χ4n) is 1.67. The van der Waals surface area contributed by atoms with Gasteiger partial charge in [0.15, 0.2) is 0 Å². The molecule has 0 aliphatic rings. The molecule has 5 heteroatoms. The SMILES string of the molecule is N#Cc1ccc(CNC(=O)Cc2ccc(N)cn2)cc1. The number of rotatable bonds is 4. The molecule has 0 aliphatic carbocycles. The van der Waals surface area contributed by atoms with Gasteiger partial charge in [-0.2, -0.15) is 5.26 Å². The maximum atomic E-state index is 11.8. The number of benzene rings is 1. The van der Waals surface area contributed by atoms with Crippen LogP contribution < -0.4 is 11.1 Å². The Hall–Kier alpha value is -2.87. The predicted molar refractivity (Wildman–Crippen MR) is 75.4 cm³/mol. The Kier molecular flexibility index (Phi) is 4.30. The van der Waals surface area contributed by atoms with E-state index in [-0.39, 0.29) is 12.3 Å². The van der Waals surface area contributed by atoms with Crippen molar-refractivity contribution in [2.75, 3.05) is 5.73 Å². The van der Waals surface area contributed by atoms with Crippen LogP contribution in [0.5, 0.6) is 0 Å². The number of anilines is 1. The number of nitrogens with zero attached hydrogens (tertiary/aromatic N) is 2. The zero-order valence-corrected chi connectivity index (χ0v) is 10.8. The number of carbonyl (C=O) groups is 1. The van der Waals surface area contributed by atoms with E-state index in [0.29, 0.717) is 23.5 Å². The van der Waals surface area contributed by atoms with Crippen LogP contribution in [0.3, 0.4) is 0 Å². The summed E-state index contributed by atoms with van der Waals surface area (Å²) in [6.07, 6.45) is 1.75. The number of nitriles is 1.